The third kappa shape index (κ3) is 4.16. The highest BCUT2D eigenvalue weighted by atomic mass is 32.2. The highest BCUT2D eigenvalue weighted by Crippen LogP contribution is 2.35. The topological polar surface area (TPSA) is 69.6 Å². The van der Waals surface area contributed by atoms with Gasteiger partial charge in [0.05, 0.1) is 0 Å². The summed E-state index contributed by atoms with van der Waals surface area (Å²) in [5.74, 6) is 0.0885. The number of aliphatic hydroxyl groups is 1. The molecule has 0 amide bonds. The summed E-state index contributed by atoms with van der Waals surface area (Å²) in [4.78, 5) is 0. The first kappa shape index (κ1) is 16.2. The van der Waals surface area contributed by atoms with Gasteiger partial charge in [0.2, 0.25) is 0 Å². The predicted octanol–water partition coefficient (Wildman–Crippen LogP) is 1.50. The molecule has 0 aromatic rings. The Balaban J connectivity index is 1.90. The molecule has 1 heterocycles. The van der Waals surface area contributed by atoms with Crippen LogP contribution in [0.15, 0.2) is 0 Å². The molecule has 2 aliphatic rings. The smallest absolute Gasteiger partial charge is 0.279 e. The van der Waals surface area contributed by atoms with E-state index >= 15 is 0 Å². The van der Waals surface area contributed by atoms with E-state index in [9.17, 15) is 13.5 Å². The first-order valence-corrected chi connectivity index (χ1v) is 9.25. The number of nitrogens with one attached hydrogen (secondary N) is 1. The molecule has 6 heteroatoms. The van der Waals surface area contributed by atoms with Gasteiger partial charge in [0, 0.05) is 26.2 Å². The van der Waals surface area contributed by atoms with Crippen LogP contribution in [0.1, 0.15) is 51.9 Å². The Morgan fingerprint density at radius 2 is 1.95 bits per heavy atom. The summed E-state index contributed by atoms with van der Waals surface area (Å²) in [5.41, 5.74) is 0.109. The van der Waals surface area contributed by atoms with E-state index in [1.165, 1.54) is 23.6 Å². The van der Waals surface area contributed by atoms with Crippen molar-refractivity contribution in [2.75, 3.05) is 26.2 Å². The Bertz CT molecular complexity index is 405. The standard InChI is InChI=1S/C14H28N2O3S/c1-14(7-3-2-4-8-14)12-15-20(18,19)16-9-5-6-13(10-16)11-17/h13,15,17H,2-12H2,1H3. The zero-order chi connectivity index (χ0) is 14.6. The SMILES string of the molecule is CC1(CNS(=O)(=O)N2CCCC(CO)C2)CCCCC1. The maximum atomic E-state index is 12.4. The Labute approximate surface area is 122 Å². The van der Waals surface area contributed by atoms with Crippen LogP contribution in [0, 0.1) is 11.3 Å². The number of aliphatic hydroxyl groups excluding tert-OH is 1. The van der Waals surface area contributed by atoms with Crippen LogP contribution < -0.4 is 4.72 Å². The van der Waals surface area contributed by atoms with Crippen molar-refractivity contribution in [1.82, 2.24) is 9.03 Å². The van der Waals surface area contributed by atoms with E-state index in [0.717, 1.165) is 25.7 Å². The summed E-state index contributed by atoms with van der Waals surface area (Å²) in [7, 11) is -3.39. The second-order valence-electron chi connectivity index (χ2n) is 6.75. The molecule has 2 fully saturated rings. The van der Waals surface area contributed by atoms with Crippen LogP contribution in [-0.2, 0) is 10.2 Å². The highest BCUT2D eigenvalue weighted by molar-refractivity contribution is 7.87. The molecule has 1 atom stereocenters. The molecule has 2 rings (SSSR count). The van der Waals surface area contributed by atoms with Crippen LogP contribution in [0.4, 0.5) is 0 Å². The zero-order valence-electron chi connectivity index (χ0n) is 12.5. The fraction of sp³-hybridized carbons (Fsp3) is 1.00. The van der Waals surface area contributed by atoms with Crippen LogP contribution in [0.3, 0.4) is 0 Å². The van der Waals surface area contributed by atoms with E-state index in [1.54, 1.807) is 0 Å². The van der Waals surface area contributed by atoms with Gasteiger partial charge in [-0.15, -0.1) is 0 Å². The minimum Gasteiger partial charge on any atom is -0.396 e. The van der Waals surface area contributed by atoms with Crippen LogP contribution in [-0.4, -0.2) is 44.1 Å². The Morgan fingerprint density at radius 1 is 1.25 bits per heavy atom. The van der Waals surface area contributed by atoms with E-state index < -0.39 is 10.2 Å². The molecule has 0 bridgehead atoms. The summed E-state index contributed by atoms with van der Waals surface area (Å²) in [5, 5.41) is 9.21. The van der Waals surface area contributed by atoms with Crippen molar-refractivity contribution < 1.29 is 13.5 Å². The summed E-state index contributed by atoms with van der Waals surface area (Å²) in [6.07, 6.45) is 7.64. The molecule has 1 aliphatic heterocycles. The summed E-state index contributed by atoms with van der Waals surface area (Å²) in [6.45, 7) is 3.81. The zero-order valence-corrected chi connectivity index (χ0v) is 13.3. The molecule has 5 nitrogen and oxygen atoms in total. The van der Waals surface area contributed by atoms with Crippen LogP contribution >= 0.6 is 0 Å². The average Bonchev–Trinajstić information content (AvgIpc) is 2.46. The third-order valence-electron chi connectivity index (χ3n) is 4.82. The molecular weight excluding hydrogens is 276 g/mol. The first-order valence-electron chi connectivity index (χ1n) is 7.81. The summed E-state index contributed by atoms with van der Waals surface area (Å²) >= 11 is 0. The number of rotatable bonds is 5. The molecule has 0 aromatic heterocycles. The molecule has 118 valence electrons. The lowest BCUT2D eigenvalue weighted by Crippen LogP contribution is -2.49. The van der Waals surface area contributed by atoms with E-state index in [2.05, 4.69) is 11.6 Å². The minimum absolute atomic E-state index is 0.0732. The second-order valence-corrected chi connectivity index (χ2v) is 8.50. The van der Waals surface area contributed by atoms with Gasteiger partial charge in [-0.05, 0) is 37.0 Å². The lowest BCUT2D eigenvalue weighted by atomic mass is 9.76. The average molecular weight is 304 g/mol. The maximum Gasteiger partial charge on any atom is 0.279 e. The van der Waals surface area contributed by atoms with E-state index in [-0.39, 0.29) is 17.9 Å². The lowest BCUT2D eigenvalue weighted by Gasteiger charge is -2.36. The molecule has 0 spiro atoms. The summed E-state index contributed by atoms with van der Waals surface area (Å²) < 4.78 is 29.0. The quantitative estimate of drug-likeness (QED) is 0.808. The van der Waals surface area contributed by atoms with E-state index in [1.807, 2.05) is 0 Å². The highest BCUT2D eigenvalue weighted by Gasteiger charge is 2.32. The number of hydrogen-bond donors (Lipinski definition) is 2. The molecule has 1 saturated carbocycles. The Hall–Kier alpha value is -0.170. The maximum absolute atomic E-state index is 12.4. The molecule has 2 N–H and O–H groups in total. The number of nitrogens with zero attached hydrogens (tertiary/aromatic N) is 1. The van der Waals surface area contributed by atoms with Crippen LogP contribution in [0.2, 0.25) is 0 Å². The molecule has 1 aliphatic carbocycles. The first-order chi connectivity index (χ1) is 9.45. The molecule has 20 heavy (non-hydrogen) atoms. The van der Waals surface area contributed by atoms with Crippen LogP contribution in [0.5, 0.6) is 0 Å². The normalized spacial score (nSPS) is 28.4. The molecule has 0 radical (unpaired) electrons. The van der Waals surface area contributed by atoms with Crippen molar-refractivity contribution in [1.29, 1.82) is 0 Å². The minimum atomic E-state index is -3.39. The molecule has 0 aromatic carbocycles. The van der Waals surface area contributed by atoms with Crippen LogP contribution in [0.25, 0.3) is 0 Å². The van der Waals surface area contributed by atoms with Gasteiger partial charge in [-0.25, -0.2) is 4.72 Å². The van der Waals surface area contributed by atoms with Gasteiger partial charge in [0.25, 0.3) is 10.2 Å². The lowest BCUT2D eigenvalue weighted by molar-refractivity contribution is 0.163. The van der Waals surface area contributed by atoms with E-state index in [4.69, 9.17) is 0 Å². The summed E-state index contributed by atoms with van der Waals surface area (Å²) in [6, 6.07) is 0. The third-order valence-corrected chi connectivity index (χ3v) is 6.34. The number of hydrogen-bond acceptors (Lipinski definition) is 3. The second kappa shape index (κ2) is 6.73. The van der Waals surface area contributed by atoms with Crippen molar-refractivity contribution in [3.05, 3.63) is 0 Å². The van der Waals surface area contributed by atoms with E-state index in [0.29, 0.717) is 19.6 Å². The van der Waals surface area contributed by atoms with Gasteiger partial charge in [0.15, 0.2) is 0 Å². The van der Waals surface area contributed by atoms with Gasteiger partial charge >= 0.3 is 0 Å². The Morgan fingerprint density at radius 3 is 2.60 bits per heavy atom. The van der Waals surface area contributed by atoms with Gasteiger partial charge < -0.3 is 5.11 Å². The predicted molar refractivity (Wildman–Crippen MR) is 79.5 cm³/mol. The van der Waals surface area contributed by atoms with Crippen molar-refractivity contribution in [3.8, 4) is 0 Å². The largest absolute Gasteiger partial charge is 0.396 e. The van der Waals surface area contributed by atoms with Gasteiger partial charge in [-0.2, -0.15) is 12.7 Å². The van der Waals surface area contributed by atoms with Gasteiger partial charge in [0.1, 0.15) is 0 Å². The monoisotopic (exact) mass is 304 g/mol. The fourth-order valence-electron chi connectivity index (χ4n) is 3.33. The van der Waals surface area contributed by atoms with Crippen molar-refractivity contribution in [2.45, 2.75) is 51.9 Å². The number of piperidine rings is 1. The fourth-order valence-corrected chi connectivity index (χ4v) is 4.82. The van der Waals surface area contributed by atoms with Gasteiger partial charge in [-0.3, -0.25) is 0 Å². The molecule has 1 saturated heterocycles. The van der Waals surface area contributed by atoms with Crippen molar-refractivity contribution >= 4 is 10.2 Å². The Kier molecular flexibility index (Phi) is 5.45. The van der Waals surface area contributed by atoms with Crippen molar-refractivity contribution in [2.24, 2.45) is 11.3 Å². The van der Waals surface area contributed by atoms with Gasteiger partial charge in [-0.1, -0.05) is 26.2 Å². The molecular formula is C14H28N2O3S. The van der Waals surface area contributed by atoms with Crippen molar-refractivity contribution in [3.63, 3.8) is 0 Å². The molecule has 1 unspecified atom stereocenters.